The standard InChI is InChI=1S/C17H20ClN3O3.HI/c1-22-13-4-3-5-14(11-13)24-9-8-20-17(19)21-12-6-7-16(23-2)15(18)10-12;/h3-7,10-11H,8-9H2,1-2H3,(H3,19,20,21);1H. The molecule has 2 aromatic rings. The van der Waals surface area contributed by atoms with Crippen LogP contribution in [-0.4, -0.2) is 33.3 Å². The van der Waals surface area contributed by atoms with E-state index in [1.807, 2.05) is 24.3 Å². The van der Waals surface area contributed by atoms with Crippen molar-refractivity contribution in [1.29, 1.82) is 0 Å². The molecule has 0 spiro atoms. The Kier molecular flexibility index (Phi) is 9.22. The van der Waals surface area contributed by atoms with Gasteiger partial charge in [0.05, 0.1) is 25.8 Å². The summed E-state index contributed by atoms with van der Waals surface area (Å²) >= 11 is 6.06. The van der Waals surface area contributed by atoms with E-state index in [9.17, 15) is 0 Å². The first-order chi connectivity index (χ1) is 11.6. The minimum Gasteiger partial charge on any atom is -0.497 e. The van der Waals surface area contributed by atoms with Gasteiger partial charge >= 0.3 is 0 Å². The predicted molar refractivity (Wildman–Crippen MR) is 112 cm³/mol. The van der Waals surface area contributed by atoms with Gasteiger partial charge in [-0.15, -0.1) is 24.0 Å². The second kappa shape index (κ2) is 10.9. The molecular weight excluding hydrogens is 457 g/mol. The number of rotatable bonds is 7. The van der Waals surface area contributed by atoms with Gasteiger partial charge in [0.15, 0.2) is 5.96 Å². The second-order valence-corrected chi connectivity index (χ2v) is 5.18. The lowest BCUT2D eigenvalue weighted by Gasteiger charge is -2.09. The summed E-state index contributed by atoms with van der Waals surface area (Å²) < 4.78 is 15.8. The molecule has 0 fully saturated rings. The third-order valence-corrected chi connectivity index (χ3v) is 3.40. The SMILES string of the molecule is COc1cccc(OCCN=C(N)Nc2ccc(OC)c(Cl)c2)c1.I. The molecule has 2 rings (SSSR count). The largest absolute Gasteiger partial charge is 0.497 e. The number of nitrogens with one attached hydrogen (secondary N) is 1. The minimum absolute atomic E-state index is 0. The van der Waals surface area contributed by atoms with Crippen molar-refractivity contribution < 1.29 is 14.2 Å². The Hall–Kier alpha value is -1.87. The van der Waals surface area contributed by atoms with E-state index >= 15 is 0 Å². The summed E-state index contributed by atoms with van der Waals surface area (Å²) in [6, 6.07) is 12.7. The normalized spacial score (nSPS) is 10.6. The fourth-order valence-electron chi connectivity index (χ4n) is 1.95. The molecule has 0 aliphatic carbocycles. The minimum atomic E-state index is 0. The van der Waals surface area contributed by atoms with Crippen molar-refractivity contribution in [3.05, 3.63) is 47.5 Å². The third kappa shape index (κ3) is 6.87. The highest BCUT2D eigenvalue weighted by Crippen LogP contribution is 2.27. The molecule has 136 valence electrons. The van der Waals surface area contributed by atoms with Crippen LogP contribution in [0.1, 0.15) is 0 Å². The van der Waals surface area contributed by atoms with Crippen molar-refractivity contribution >= 4 is 47.2 Å². The maximum Gasteiger partial charge on any atom is 0.193 e. The molecule has 25 heavy (non-hydrogen) atoms. The van der Waals surface area contributed by atoms with E-state index in [0.29, 0.717) is 23.9 Å². The van der Waals surface area contributed by atoms with Crippen LogP contribution in [0, 0.1) is 0 Å². The van der Waals surface area contributed by atoms with Crippen LogP contribution in [0.15, 0.2) is 47.5 Å². The van der Waals surface area contributed by atoms with Crippen LogP contribution in [0.3, 0.4) is 0 Å². The zero-order chi connectivity index (χ0) is 17.4. The first-order valence-corrected chi connectivity index (χ1v) is 7.67. The smallest absolute Gasteiger partial charge is 0.193 e. The van der Waals surface area contributed by atoms with Crippen molar-refractivity contribution in [2.45, 2.75) is 0 Å². The van der Waals surface area contributed by atoms with Crippen molar-refractivity contribution in [3.8, 4) is 17.2 Å². The number of hydrogen-bond donors (Lipinski definition) is 2. The lowest BCUT2D eigenvalue weighted by Crippen LogP contribution is -2.23. The third-order valence-electron chi connectivity index (χ3n) is 3.11. The summed E-state index contributed by atoms with van der Waals surface area (Å²) in [6.07, 6.45) is 0. The van der Waals surface area contributed by atoms with E-state index in [2.05, 4.69) is 10.3 Å². The molecule has 0 atom stereocenters. The number of methoxy groups -OCH3 is 2. The first-order valence-electron chi connectivity index (χ1n) is 7.29. The molecule has 0 aliphatic rings. The number of anilines is 1. The summed E-state index contributed by atoms with van der Waals surface area (Å²) in [7, 11) is 3.17. The Morgan fingerprint density at radius 2 is 1.88 bits per heavy atom. The van der Waals surface area contributed by atoms with Gasteiger partial charge in [-0.3, -0.25) is 0 Å². The van der Waals surface area contributed by atoms with Crippen molar-refractivity contribution in [2.75, 3.05) is 32.7 Å². The van der Waals surface area contributed by atoms with Gasteiger partial charge in [0, 0.05) is 11.8 Å². The highest BCUT2D eigenvalue weighted by atomic mass is 127. The average molecular weight is 478 g/mol. The van der Waals surface area contributed by atoms with Crippen LogP contribution in [0.25, 0.3) is 0 Å². The van der Waals surface area contributed by atoms with E-state index in [1.165, 1.54) is 0 Å². The van der Waals surface area contributed by atoms with Crippen molar-refractivity contribution in [1.82, 2.24) is 0 Å². The van der Waals surface area contributed by atoms with Crippen LogP contribution < -0.4 is 25.3 Å². The number of aliphatic imine (C=N–C) groups is 1. The van der Waals surface area contributed by atoms with Gasteiger partial charge in [-0.25, -0.2) is 4.99 Å². The average Bonchev–Trinajstić information content (AvgIpc) is 2.59. The zero-order valence-corrected chi connectivity index (χ0v) is 17.1. The molecule has 2 aromatic carbocycles. The van der Waals surface area contributed by atoms with E-state index < -0.39 is 0 Å². The molecule has 0 heterocycles. The van der Waals surface area contributed by atoms with Gasteiger partial charge in [-0.2, -0.15) is 0 Å². The number of hydrogen-bond acceptors (Lipinski definition) is 4. The Morgan fingerprint density at radius 3 is 2.56 bits per heavy atom. The maximum atomic E-state index is 6.06. The van der Waals surface area contributed by atoms with E-state index in [0.717, 1.165) is 17.2 Å². The summed E-state index contributed by atoms with van der Waals surface area (Å²) in [5.41, 5.74) is 6.57. The molecule has 3 N–H and O–H groups in total. The highest BCUT2D eigenvalue weighted by molar-refractivity contribution is 14.0. The molecule has 6 nitrogen and oxygen atoms in total. The number of guanidine groups is 1. The highest BCUT2D eigenvalue weighted by Gasteiger charge is 2.02. The Bertz CT molecular complexity index is 713. The first kappa shape index (κ1) is 21.2. The predicted octanol–water partition coefficient (Wildman–Crippen LogP) is 3.78. The van der Waals surface area contributed by atoms with Crippen LogP contribution in [-0.2, 0) is 0 Å². The van der Waals surface area contributed by atoms with E-state index in [-0.39, 0.29) is 29.9 Å². The number of halogens is 2. The monoisotopic (exact) mass is 477 g/mol. The molecule has 0 radical (unpaired) electrons. The molecule has 0 saturated heterocycles. The Morgan fingerprint density at radius 1 is 1.12 bits per heavy atom. The Balaban J connectivity index is 0.00000312. The van der Waals surface area contributed by atoms with Gasteiger partial charge in [-0.1, -0.05) is 17.7 Å². The molecular formula is C17H21ClIN3O3. The summed E-state index contributed by atoms with van der Waals surface area (Å²) in [6.45, 7) is 0.818. The second-order valence-electron chi connectivity index (χ2n) is 4.77. The molecule has 0 unspecified atom stereocenters. The van der Waals surface area contributed by atoms with Gasteiger partial charge < -0.3 is 25.3 Å². The molecule has 0 aromatic heterocycles. The Labute approximate surface area is 169 Å². The lowest BCUT2D eigenvalue weighted by molar-refractivity contribution is 0.325. The van der Waals surface area contributed by atoms with E-state index in [1.54, 1.807) is 32.4 Å². The van der Waals surface area contributed by atoms with Crippen LogP contribution >= 0.6 is 35.6 Å². The van der Waals surface area contributed by atoms with Crippen LogP contribution in [0.5, 0.6) is 17.2 Å². The summed E-state index contributed by atoms with van der Waals surface area (Å²) in [5.74, 6) is 2.35. The molecule has 0 amide bonds. The topological polar surface area (TPSA) is 78.1 Å². The van der Waals surface area contributed by atoms with Crippen LogP contribution in [0.4, 0.5) is 5.69 Å². The summed E-state index contributed by atoms with van der Waals surface area (Å²) in [4.78, 5) is 4.20. The fraction of sp³-hybridized carbons (Fsp3) is 0.235. The van der Waals surface area contributed by atoms with Gasteiger partial charge in [0.25, 0.3) is 0 Å². The maximum absolute atomic E-state index is 6.06. The number of ether oxygens (including phenoxy) is 3. The fourth-order valence-corrected chi connectivity index (χ4v) is 2.21. The number of benzene rings is 2. The van der Waals surface area contributed by atoms with Crippen molar-refractivity contribution in [2.24, 2.45) is 10.7 Å². The van der Waals surface area contributed by atoms with E-state index in [4.69, 9.17) is 31.5 Å². The van der Waals surface area contributed by atoms with Gasteiger partial charge in [0.2, 0.25) is 0 Å². The van der Waals surface area contributed by atoms with Crippen molar-refractivity contribution in [3.63, 3.8) is 0 Å². The molecule has 8 heteroatoms. The molecule has 0 saturated carbocycles. The quantitative estimate of drug-likeness (QED) is 0.275. The zero-order valence-electron chi connectivity index (χ0n) is 14.0. The number of nitrogens with two attached hydrogens (primary N) is 1. The van der Waals surface area contributed by atoms with Gasteiger partial charge in [0.1, 0.15) is 23.9 Å². The number of nitrogens with zero attached hydrogens (tertiary/aromatic N) is 1. The van der Waals surface area contributed by atoms with Crippen LogP contribution in [0.2, 0.25) is 5.02 Å². The molecule has 0 bridgehead atoms. The summed E-state index contributed by atoms with van der Waals surface area (Å²) in [5, 5.41) is 3.46. The molecule has 0 aliphatic heterocycles. The lowest BCUT2D eigenvalue weighted by atomic mass is 10.3. The van der Waals surface area contributed by atoms with Gasteiger partial charge in [-0.05, 0) is 30.3 Å².